The third kappa shape index (κ3) is 2.95. The molecule has 3 aromatic rings. The minimum Gasteiger partial charge on any atom is -0.297 e. The Morgan fingerprint density at radius 1 is 0.815 bits per heavy atom. The van der Waals surface area contributed by atoms with E-state index in [0.717, 1.165) is 16.8 Å². The van der Waals surface area contributed by atoms with E-state index in [1.807, 2.05) is 91.0 Å². The van der Waals surface area contributed by atoms with Gasteiger partial charge in [0.15, 0.2) is 5.54 Å². The predicted octanol–water partition coefficient (Wildman–Crippen LogP) is 3.91. The number of amidine groups is 1. The Bertz CT molecular complexity index is 956. The first-order chi connectivity index (χ1) is 13.2. The van der Waals surface area contributed by atoms with Crippen molar-refractivity contribution < 1.29 is 4.79 Å². The maximum Gasteiger partial charge on any atom is 0.265 e. The summed E-state index contributed by atoms with van der Waals surface area (Å²) in [5.74, 6) is 0.541. The average molecular weight is 353 g/mol. The number of rotatable bonds is 4. The van der Waals surface area contributed by atoms with E-state index in [1.165, 1.54) is 0 Å². The molecule has 0 N–H and O–H groups in total. The van der Waals surface area contributed by atoms with Crippen LogP contribution >= 0.6 is 0 Å². The van der Waals surface area contributed by atoms with Crippen molar-refractivity contribution in [1.29, 1.82) is 0 Å². The van der Waals surface area contributed by atoms with Crippen molar-refractivity contribution in [2.75, 3.05) is 7.05 Å². The number of pyridine rings is 1. The summed E-state index contributed by atoms with van der Waals surface area (Å²) in [6, 6.07) is 25.1. The second kappa shape index (κ2) is 7.00. The molecule has 1 amide bonds. The molecule has 0 atom stereocenters. The van der Waals surface area contributed by atoms with E-state index in [1.54, 1.807) is 18.1 Å². The molecule has 0 fully saturated rings. The van der Waals surface area contributed by atoms with Crippen LogP contribution in [0.1, 0.15) is 16.8 Å². The molecule has 1 aliphatic rings. The highest BCUT2D eigenvalue weighted by Gasteiger charge is 2.49. The summed E-state index contributed by atoms with van der Waals surface area (Å²) < 4.78 is 0. The largest absolute Gasteiger partial charge is 0.297 e. The SMILES string of the molecule is CN1C(=O)C(c2ccccc2)(c2ccccc2)N=C1C=Cc1ccccn1. The summed E-state index contributed by atoms with van der Waals surface area (Å²) in [6.45, 7) is 0. The van der Waals surface area contributed by atoms with Crippen molar-refractivity contribution in [3.05, 3.63) is 108 Å². The number of carbonyl (C=O) groups excluding carboxylic acids is 1. The van der Waals surface area contributed by atoms with Crippen LogP contribution in [-0.2, 0) is 10.3 Å². The molecule has 27 heavy (non-hydrogen) atoms. The van der Waals surface area contributed by atoms with Gasteiger partial charge in [-0.2, -0.15) is 0 Å². The van der Waals surface area contributed by atoms with Crippen molar-refractivity contribution in [1.82, 2.24) is 9.88 Å². The van der Waals surface area contributed by atoms with Gasteiger partial charge in [0.2, 0.25) is 0 Å². The number of carbonyl (C=O) groups is 1. The van der Waals surface area contributed by atoms with Crippen molar-refractivity contribution >= 4 is 17.8 Å². The average Bonchev–Trinajstić information content (AvgIpc) is 3.00. The summed E-state index contributed by atoms with van der Waals surface area (Å²) in [5.41, 5.74) is 1.46. The highest BCUT2D eigenvalue weighted by Crippen LogP contribution is 2.39. The molecule has 0 unspecified atom stereocenters. The Balaban J connectivity index is 1.85. The van der Waals surface area contributed by atoms with E-state index >= 15 is 0 Å². The lowest BCUT2D eigenvalue weighted by atomic mass is 9.83. The number of amides is 1. The molecule has 1 aliphatic heterocycles. The molecule has 0 saturated heterocycles. The summed E-state index contributed by atoms with van der Waals surface area (Å²) in [6.07, 6.45) is 5.45. The molecule has 132 valence electrons. The van der Waals surface area contributed by atoms with Gasteiger partial charge < -0.3 is 0 Å². The Morgan fingerprint density at radius 3 is 1.96 bits per heavy atom. The normalized spacial score (nSPS) is 16.0. The maximum atomic E-state index is 13.4. The molecular formula is C23H19N3O. The fourth-order valence-electron chi connectivity index (χ4n) is 3.33. The van der Waals surface area contributed by atoms with Crippen molar-refractivity contribution in [3.8, 4) is 0 Å². The van der Waals surface area contributed by atoms with Crippen molar-refractivity contribution in [3.63, 3.8) is 0 Å². The molecule has 4 heteroatoms. The van der Waals surface area contributed by atoms with Crippen LogP contribution in [0.2, 0.25) is 0 Å². The number of hydrogen-bond acceptors (Lipinski definition) is 3. The van der Waals surface area contributed by atoms with E-state index < -0.39 is 5.54 Å². The van der Waals surface area contributed by atoms with Crippen LogP contribution in [0.5, 0.6) is 0 Å². The fraction of sp³-hybridized carbons (Fsp3) is 0.0870. The van der Waals surface area contributed by atoms with Gasteiger partial charge in [-0.15, -0.1) is 0 Å². The van der Waals surface area contributed by atoms with E-state index in [-0.39, 0.29) is 5.91 Å². The highest BCUT2D eigenvalue weighted by molar-refractivity contribution is 6.15. The van der Waals surface area contributed by atoms with Crippen molar-refractivity contribution in [2.24, 2.45) is 4.99 Å². The molecule has 0 saturated carbocycles. The van der Waals surface area contributed by atoms with E-state index in [2.05, 4.69) is 4.98 Å². The molecule has 4 nitrogen and oxygen atoms in total. The summed E-state index contributed by atoms with van der Waals surface area (Å²) in [7, 11) is 1.76. The van der Waals surface area contributed by atoms with Crippen molar-refractivity contribution in [2.45, 2.75) is 5.54 Å². The molecule has 0 radical (unpaired) electrons. The summed E-state index contributed by atoms with van der Waals surface area (Å²) in [4.78, 5) is 24.2. The lowest BCUT2D eigenvalue weighted by Crippen LogP contribution is -2.39. The zero-order valence-corrected chi connectivity index (χ0v) is 15.0. The quantitative estimate of drug-likeness (QED) is 0.714. The minimum atomic E-state index is -1.07. The van der Waals surface area contributed by atoms with Crippen LogP contribution in [0.15, 0.2) is 96.1 Å². The zero-order chi connectivity index (χ0) is 18.7. The third-order valence-electron chi connectivity index (χ3n) is 4.71. The van der Waals surface area contributed by atoms with Crippen LogP contribution in [0.25, 0.3) is 6.08 Å². The molecule has 2 heterocycles. The Hall–Kier alpha value is -3.53. The first-order valence-corrected chi connectivity index (χ1v) is 8.80. The smallest absolute Gasteiger partial charge is 0.265 e. The monoisotopic (exact) mass is 353 g/mol. The number of hydrogen-bond donors (Lipinski definition) is 0. The predicted molar refractivity (Wildman–Crippen MR) is 107 cm³/mol. The maximum absolute atomic E-state index is 13.4. The van der Waals surface area contributed by atoms with Gasteiger partial charge in [0.1, 0.15) is 5.84 Å². The second-order valence-electron chi connectivity index (χ2n) is 6.36. The Labute approximate surface area is 158 Å². The van der Waals surface area contributed by atoms with Gasteiger partial charge in [-0.05, 0) is 35.4 Å². The molecule has 0 aliphatic carbocycles. The number of benzene rings is 2. The van der Waals surface area contributed by atoms with Gasteiger partial charge >= 0.3 is 0 Å². The molecular weight excluding hydrogens is 334 g/mol. The van der Waals surface area contributed by atoms with Gasteiger partial charge in [0.05, 0.1) is 5.69 Å². The first kappa shape index (κ1) is 16.9. The van der Waals surface area contributed by atoms with Gasteiger partial charge in [0, 0.05) is 13.2 Å². The van der Waals surface area contributed by atoms with E-state index in [4.69, 9.17) is 4.99 Å². The van der Waals surface area contributed by atoms with Crippen LogP contribution in [0, 0.1) is 0 Å². The molecule has 0 spiro atoms. The Kier molecular flexibility index (Phi) is 4.38. The van der Waals surface area contributed by atoms with Crippen LogP contribution in [0.3, 0.4) is 0 Å². The first-order valence-electron chi connectivity index (χ1n) is 8.80. The standard InChI is InChI=1S/C23H19N3O/c1-26-21(16-15-20-14-8-9-17-24-20)25-23(22(26)27,18-10-4-2-5-11-18)19-12-6-3-7-13-19/h2-17H,1H3. The lowest BCUT2D eigenvalue weighted by Gasteiger charge is -2.26. The van der Waals surface area contributed by atoms with E-state index in [0.29, 0.717) is 5.84 Å². The van der Waals surface area contributed by atoms with Crippen LogP contribution in [0.4, 0.5) is 0 Å². The Morgan fingerprint density at radius 2 is 1.41 bits per heavy atom. The summed E-state index contributed by atoms with van der Waals surface area (Å²) >= 11 is 0. The number of likely N-dealkylation sites (N-methyl/N-ethyl adjacent to an activating group) is 1. The fourth-order valence-corrected chi connectivity index (χ4v) is 3.33. The summed E-state index contributed by atoms with van der Waals surface area (Å²) in [5, 5.41) is 0. The molecule has 2 aromatic carbocycles. The highest BCUT2D eigenvalue weighted by atomic mass is 16.2. The second-order valence-corrected chi connectivity index (χ2v) is 6.36. The number of aliphatic imine (C=N–C) groups is 1. The van der Waals surface area contributed by atoms with Gasteiger partial charge in [-0.25, -0.2) is 4.99 Å². The van der Waals surface area contributed by atoms with Crippen LogP contribution < -0.4 is 0 Å². The lowest BCUT2D eigenvalue weighted by molar-refractivity contribution is -0.129. The van der Waals surface area contributed by atoms with Crippen LogP contribution in [-0.4, -0.2) is 28.7 Å². The topological polar surface area (TPSA) is 45.6 Å². The zero-order valence-electron chi connectivity index (χ0n) is 15.0. The molecule has 1 aromatic heterocycles. The molecule has 0 bridgehead atoms. The number of nitrogens with zero attached hydrogens (tertiary/aromatic N) is 3. The van der Waals surface area contributed by atoms with Gasteiger partial charge in [-0.1, -0.05) is 66.7 Å². The van der Waals surface area contributed by atoms with Gasteiger partial charge in [0.25, 0.3) is 5.91 Å². The van der Waals surface area contributed by atoms with E-state index in [9.17, 15) is 4.79 Å². The number of aromatic nitrogens is 1. The molecule has 4 rings (SSSR count). The third-order valence-corrected chi connectivity index (χ3v) is 4.71. The van der Waals surface area contributed by atoms with Gasteiger partial charge in [-0.3, -0.25) is 14.7 Å². The minimum absolute atomic E-state index is 0.0689.